The van der Waals surface area contributed by atoms with Gasteiger partial charge in [0.1, 0.15) is 6.54 Å². The van der Waals surface area contributed by atoms with Gasteiger partial charge >= 0.3 is 0 Å². The molecule has 0 saturated carbocycles. The molecule has 1 aromatic carbocycles. The number of hydrogen-bond donors (Lipinski definition) is 2. The predicted octanol–water partition coefficient (Wildman–Crippen LogP) is 3.25. The lowest BCUT2D eigenvalue weighted by atomic mass is 10.3. The normalized spacial score (nSPS) is 10.4. The van der Waals surface area contributed by atoms with Gasteiger partial charge in [-0.15, -0.1) is 0 Å². The largest absolute Gasteiger partial charge is 0.399 e. The van der Waals surface area contributed by atoms with Crippen LogP contribution in [-0.2, 0) is 11.3 Å². The standard InChI is InChI=1S/C13H10Br2ClN3O2/c14-7-3-9(15)13(21)19(5-7)6-12(20)18-11-4-8(17)1-2-10(11)16/h1-5H,6,17H2,(H,18,20). The molecular weight excluding hydrogens is 425 g/mol. The van der Waals surface area contributed by atoms with Gasteiger partial charge in [0.15, 0.2) is 0 Å². The number of carbonyl (C=O) groups excluding carboxylic acids is 1. The Labute approximate surface area is 142 Å². The lowest BCUT2D eigenvalue weighted by Gasteiger charge is -2.10. The Balaban J connectivity index is 2.19. The number of nitrogens with two attached hydrogens (primary N) is 1. The van der Waals surface area contributed by atoms with Crippen LogP contribution in [0.1, 0.15) is 0 Å². The van der Waals surface area contributed by atoms with Gasteiger partial charge in [0.2, 0.25) is 5.91 Å². The summed E-state index contributed by atoms with van der Waals surface area (Å²) in [5, 5.41) is 3.00. The van der Waals surface area contributed by atoms with Gasteiger partial charge in [-0.1, -0.05) is 11.6 Å². The maximum Gasteiger partial charge on any atom is 0.265 e. The second-order valence-electron chi connectivity index (χ2n) is 4.23. The SMILES string of the molecule is Nc1ccc(Cl)c(NC(=O)Cn2cc(Br)cc(Br)c2=O)c1. The predicted molar refractivity (Wildman–Crippen MR) is 90.6 cm³/mol. The van der Waals surface area contributed by atoms with Crippen molar-refractivity contribution in [2.45, 2.75) is 6.54 Å². The van der Waals surface area contributed by atoms with Gasteiger partial charge in [0.05, 0.1) is 15.2 Å². The van der Waals surface area contributed by atoms with Crippen molar-refractivity contribution in [3.8, 4) is 0 Å². The number of amides is 1. The first-order valence-corrected chi connectivity index (χ1v) is 7.73. The molecule has 3 N–H and O–H groups in total. The fourth-order valence-electron chi connectivity index (χ4n) is 1.67. The summed E-state index contributed by atoms with van der Waals surface area (Å²) in [6, 6.07) is 6.40. The number of nitrogens with zero attached hydrogens (tertiary/aromatic N) is 1. The van der Waals surface area contributed by atoms with Crippen LogP contribution in [0.4, 0.5) is 11.4 Å². The first-order chi connectivity index (χ1) is 9.86. The number of pyridine rings is 1. The highest BCUT2D eigenvalue weighted by Crippen LogP contribution is 2.24. The number of rotatable bonds is 3. The number of aromatic nitrogens is 1. The Morgan fingerprint density at radius 2 is 2.05 bits per heavy atom. The van der Waals surface area contributed by atoms with E-state index in [1.54, 1.807) is 24.3 Å². The molecule has 2 rings (SSSR count). The van der Waals surface area contributed by atoms with Crippen molar-refractivity contribution >= 4 is 60.7 Å². The number of halogens is 3. The number of anilines is 2. The molecule has 8 heteroatoms. The Morgan fingerprint density at radius 1 is 1.33 bits per heavy atom. The van der Waals surface area contributed by atoms with Crippen molar-refractivity contribution in [3.63, 3.8) is 0 Å². The quantitative estimate of drug-likeness (QED) is 0.727. The molecule has 0 unspecified atom stereocenters. The molecule has 1 amide bonds. The minimum atomic E-state index is -0.380. The van der Waals surface area contributed by atoms with Gasteiger partial charge in [-0.2, -0.15) is 0 Å². The summed E-state index contributed by atoms with van der Waals surface area (Å²) in [5.74, 6) is -0.380. The van der Waals surface area contributed by atoms with E-state index in [4.69, 9.17) is 17.3 Å². The zero-order chi connectivity index (χ0) is 15.6. The lowest BCUT2D eigenvalue weighted by molar-refractivity contribution is -0.116. The molecule has 1 heterocycles. The molecular formula is C13H10Br2ClN3O2. The van der Waals surface area contributed by atoms with E-state index in [-0.39, 0.29) is 18.0 Å². The number of nitrogen functional groups attached to an aromatic ring is 1. The average Bonchev–Trinajstić information content (AvgIpc) is 2.39. The van der Waals surface area contributed by atoms with Crippen LogP contribution in [0.3, 0.4) is 0 Å². The van der Waals surface area contributed by atoms with Crippen LogP contribution in [-0.4, -0.2) is 10.5 Å². The second-order valence-corrected chi connectivity index (χ2v) is 6.40. The monoisotopic (exact) mass is 433 g/mol. The van der Waals surface area contributed by atoms with Crippen LogP contribution < -0.4 is 16.6 Å². The van der Waals surface area contributed by atoms with Crippen LogP contribution in [0.5, 0.6) is 0 Å². The molecule has 0 radical (unpaired) electrons. The van der Waals surface area contributed by atoms with Gasteiger partial charge in [-0.25, -0.2) is 0 Å². The zero-order valence-corrected chi connectivity index (χ0v) is 14.5. The smallest absolute Gasteiger partial charge is 0.265 e. The van der Waals surface area contributed by atoms with E-state index in [9.17, 15) is 9.59 Å². The molecule has 0 fully saturated rings. The van der Waals surface area contributed by atoms with Gasteiger partial charge in [0.25, 0.3) is 5.56 Å². The molecule has 5 nitrogen and oxygen atoms in total. The average molecular weight is 436 g/mol. The Kier molecular flexibility index (Phi) is 5.08. The summed E-state index contributed by atoms with van der Waals surface area (Å²) < 4.78 is 2.33. The van der Waals surface area contributed by atoms with Crippen LogP contribution in [0.2, 0.25) is 5.02 Å². The van der Waals surface area contributed by atoms with Crippen molar-refractivity contribution in [1.29, 1.82) is 0 Å². The third-order valence-corrected chi connectivity index (χ3v) is 3.92. The number of carbonyl (C=O) groups is 1. The van der Waals surface area contributed by atoms with Crippen molar-refractivity contribution in [1.82, 2.24) is 4.57 Å². The summed E-state index contributed by atoms with van der Waals surface area (Å²) in [6.45, 7) is -0.137. The summed E-state index contributed by atoms with van der Waals surface area (Å²) >= 11 is 12.4. The number of nitrogens with one attached hydrogen (secondary N) is 1. The molecule has 0 saturated heterocycles. The Hall–Kier alpha value is -1.31. The van der Waals surface area contributed by atoms with Crippen molar-refractivity contribution in [2.24, 2.45) is 0 Å². The maximum absolute atomic E-state index is 12.0. The first-order valence-electron chi connectivity index (χ1n) is 5.77. The summed E-state index contributed by atoms with van der Waals surface area (Å²) in [6.07, 6.45) is 1.54. The highest BCUT2D eigenvalue weighted by atomic mass is 79.9. The molecule has 2 aromatic rings. The first kappa shape index (κ1) is 16.1. The molecule has 0 bridgehead atoms. The second kappa shape index (κ2) is 6.64. The van der Waals surface area contributed by atoms with E-state index in [2.05, 4.69) is 37.2 Å². The van der Waals surface area contributed by atoms with E-state index < -0.39 is 0 Å². The van der Waals surface area contributed by atoms with Crippen LogP contribution in [0.15, 0.2) is 44.2 Å². The molecule has 21 heavy (non-hydrogen) atoms. The Bertz CT molecular complexity index is 762. The highest BCUT2D eigenvalue weighted by Gasteiger charge is 2.10. The number of hydrogen-bond acceptors (Lipinski definition) is 3. The highest BCUT2D eigenvalue weighted by molar-refractivity contribution is 9.11. The molecule has 110 valence electrons. The van der Waals surface area contributed by atoms with E-state index >= 15 is 0 Å². The van der Waals surface area contributed by atoms with Crippen molar-refractivity contribution in [2.75, 3.05) is 11.1 Å². The van der Waals surface area contributed by atoms with Gasteiger partial charge in [-0.3, -0.25) is 9.59 Å². The van der Waals surface area contributed by atoms with E-state index in [0.717, 1.165) is 0 Å². The van der Waals surface area contributed by atoms with Gasteiger partial charge in [0, 0.05) is 16.4 Å². The topological polar surface area (TPSA) is 77.1 Å². The minimum absolute atomic E-state index is 0.137. The van der Waals surface area contributed by atoms with Gasteiger partial charge < -0.3 is 15.6 Å². The van der Waals surface area contributed by atoms with Crippen molar-refractivity contribution < 1.29 is 4.79 Å². The van der Waals surface area contributed by atoms with Crippen LogP contribution >= 0.6 is 43.5 Å². The van der Waals surface area contributed by atoms with Crippen LogP contribution in [0, 0.1) is 0 Å². The fourth-order valence-corrected chi connectivity index (χ4v) is 3.09. The number of benzene rings is 1. The maximum atomic E-state index is 12.0. The third kappa shape index (κ3) is 4.09. The van der Waals surface area contributed by atoms with E-state index in [1.807, 2.05) is 0 Å². The Morgan fingerprint density at radius 3 is 2.76 bits per heavy atom. The van der Waals surface area contributed by atoms with E-state index in [0.29, 0.717) is 25.3 Å². The fraction of sp³-hybridized carbons (Fsp3) is 0.0769. The van der Waals surface area contributed by atoms with Crippen molar-refractivity contribution in [3.05, 3.63) is 54.8 Å². The van der Waals surface area contributed by atoms with Crippen LogP contribution in [0.25, 0.3) is 0 Å². The summed E-state index contributed by atoms with van der Waals surface area (Å²) in [4.78, 5) is 23.9. The molecule has 0 aliphatic heterocycles. The minimum Gasteiger partial charge on any atom is -0.399 e. The summed E-state index contributed by atoms with van der Waals surface area (Å²) in [7, 11) is 0. The molecule has 0 aliphatic rings. The molecule has 0 atom stereocenters. The zero-order valence-electron chi connectivity index (χ0n) is 10.6. The summed E-state index contributed by atoms with van der Waals surface area (Å²) in [5.41, 5.74) is 6.23. The molecule has 0 spiro atoms. The third-order valence-electron chi connectivity index (χ3n) is 2.59. The molecule has 0 aliphatic carbocycles. The lowest BCUT2D eigenvalue weighted by Crippen LogP contribution is -2.27. The van der Waals surface area contributed by atoms with Gasteiger partial charge in [-0.05, 0) is 56.1 Å². The van der Waals surface area contributed by atoms with E-state index in [1.165, 1.54) is 10.8 Å². The molecule has 1 aromatic heterocycles.